The Kier molecular flexibility index (Phi) is 57.8. The zero-order valence-electron chi connectivity index (χ0n) is 53.5. The first-order valence-electron chi connectivity index (χ1n) is 33.5. The molecule has 0 aromatic heterocycles. The third-order valence-electron chi connectivity index (χ3n) is 14.5. The van der Waals surface area contributed by atoms with Crippen LogP contribution in [0.3, 0.4) is 0 Å². The lowest BCUT2D eigenvalue weighted by molar-refractivity contribution is -0.870. The number of nitrogens with zero attached hydrogens (tertiary/aromatic N) is 1. The molecule has 468 valence electrons. The summed E-state index contributed by atoms with van der Waals surface area (Å²) in [6, 6.07) is -0.901. The Labute approximate surface area is 500 Å². The molecule has 3 unspecified atom stereocenters. The van der Waals surface area contributed by atoms with Crippen LogP contribution in [0.2, 0.25) is 0 Å². The van der Waals surface area contributed by atoms with E-state index in [-0.39, 0.29) is 24.9 Å². The summed E-state index contributed by atoms with van der Waals surface area (Å²) in [7, 11) is 1.17. The molecule has 0 saturated heterocycles. The summed E-state index contributed by atoms with van der Waals surface area (Å²) >= 11 is 0. The molecule has 1 amide bonds. The van der Waals surface area contributed by atoms with E-state index in [1.54, 1.807) is 0 Å². The number of likely N-dealkylation sites (N-methyl/N-ethyl adjacent to an activating group) is 1. The number of phosphoric acid groups is 1. The van der Waals surface area contributed by atoms with Gasteiger partial charge in [-0.1, -0.05) is 266 Å². The predicted octanol–water partition coefficient (Wildman–Crippen LogP) is 20.5. The van der Waals surface area contributed by atoms with Crippen molar-refractivity contribution < 1.29 is 37.3 Å². The standard InChI is InChI=1S/C71H127N2O7P/c1-7-10-13-16-19-22-25-28-30-32-33-34-35-36-37-38-39-41-43-46-49-52-55-58-61-64-71(75)80-69(62-59-56-53-50-47-44-27-24-21-18-15-12-9-3)68(67-79-81(76,77)78-66-65-73(4,5)6)72-70(74)63-60-57-54-51-48-45-42-40-31-29-26-23-20-17-14-11-8-2/h10,13,19-20,22-23,28-31,33-34,36-37,59,62,68-69H,7-9,11-12,14-18,21,24-27,32,35,38-58,60-61,63-67H2,1-6H3,(H-,72,74,76,77)/b13-10-,22-19-,23-20-,30-28-,31-29-,34-33-,37-36-,62-59-. The van der Waals surface area contributed by atoms with Gasteiger partial charge in [0.05, 0.1) is 33.8 Å². The number of esters is 1. The van der Waals surface area contributed by atoms with E-state index in [9.17, 15) is 19.0 Å². The predicted molar refractivity (Wildman–Crippen MR) is 348 cm³/mol. The van der Waals surface area contributed by atoms with Gasteiger partial charge in [0, 0.05) is 12.8 Å². The van der Waals surface area contributed by atoms with Crippen molar-refractivity contribution in [1.82, 2.24) is 5.32 Å². The molecule has 3 atom stereocenters. The van der Waals surface area contributed by atoms with Crippen LogP contribution in [0.1, 0.15) is 290 Å². The van der Waals surface area contributed by atoms with Gasteiger partial charge in [-0.2, -0.15) is 0 Å². The molecule has 0 spiro atoms. The third-order valence-corrected chi connectivity index (χ3v) is 15.5. The molecule has 0 heterocycles. The molecule has 0 bridgehead atoms. The minimum Gasteiger partial charge on any atom is -0.756 e. The largest absolute Gasteiger partial charge is 0.756 e. The van der Waals surface area contributed by atoms with Crippen LogP contribution in [0.15, 0.2) is 97.2 Å². The Morgan fingerprint density at radius 2 is 0.790 bits per heavy atom. The lowest BCUT2D eigenvalue weighted by Crippen LogP contribution is -2.47. The van der Waals surface area contributed by atoms with Gasteiger partial charge in [-0.05, 0) is 109 Å². The highest BCUT2D eigenvalue weighted by atomic mass is 31.2. The fourth-order valence-electron chi connectivity index (χ4n) is 9.34. The van der Waals surface area contributed by atoms with Gasteiger partial charge >= 0.3 is 5.97 Å². The van der Waals surface area contributed by atoms with Crippen molar-refractivity contribution in [2.24, 2.45) is 0 Å². The maximum Gasteiger partial charge on any atom is 0.306 e. The summed E-state index contributed by atoms with van der Waals surface area (Å²) < 4.78 is 30.4. The number of carbonyl (C=O) groups excluding carboxylic acids is 2. The summed E-state index contributed by atoms with van der Waals surface area (Å²) in [5.41, 5.74) is 0. The highest BCUT2D eigenvalue weighted by molar-refractivity contribution is 7.45. The first-order valence-corrected chi connectivity index (χ1v) is 35.0. The summed E-state index contributed by atoms with van der Waals surface area (Å²) in [5.74, 6) is -0.556. The Morgan fingerprint density at radius 3 is 1.21 bits per heavy atom. The highest BCUT2D eigenvalue weighted by Crippen LogP contribution is 2.38. The molecule has 0 aromatic rings. The Bertz CT molecular complexity index is 1710. The number of allylic oxidation sites excluding steroid dienone is 15. The van der Waals surface area contributed by atoms with Gasteiger partial charge in [0.25, 0.3) is 7.82 Å². The van der Waals surface area contributed by atoms with E-state index >= 15 is 0 Å². The van der Waals surface area contributed by atoms with E-state index in [0.29, 0.717) is 17.4 Å². The van der Waals surface area contributed by atoms with Gasteiger partial charge in [0.2, 0.25) is 5.91 Å². The average molecular weight is 1150 g/mol. The first-order chi connectivity index (χ1) is 39.4. The molecule has 0 aromatic carbocycles. The molecule has 0 aliphatic carbocycles. The summed E-state index contributed by atoms with van der Waals surface area (Å²) in [6.07, 6.45) is 80.8. The van der Waals surface area contributed by atoms with E-state index in [2.05, 4.69) is 111 Å². The summed E-state index contributed by atoms with van der Waals surface area (Å²) in [4.78, 5) is 40.1. The molecule has 0 aliphatic rings. The number of ether oxygens (including phenoxy) is 1. The van der Waals surface area contributed by atoms with Gasteiger partial charge in [-0.15, -0.1) is 0 Å². The number of rotatable bonds is 60. The number of carbonyl (C=O) groups is 2. The van der Waals surface area contributed by atoms with Crippen molar-refractivity contribution in [2.75, 3.05) is 40.9 Å². The maximum absolute atomic E-state index is 13.6. The van der Waals surface area contributed by atoms with Gasteiger partial charge in [-0.3, -0.25) is 14.2 Å². The van der Waals surface area contributed by atoms with Crippen molar-refractivity contribution >= 4 is 19.7 Å². The quantitative estimate of drug-likeness (QED) is 0.0212. The van der Waals surface area contributed by atoms with Crippen LogP contribution in [-0.4, -0.2) is 69.4 Å². The van der Waals surface area contributed by atoms with Crippen LogP contribution in [0.25, 0.3) is 0 Å². The van der Waals surface area contributed by atoms with Crippen LogP contribution >= 0.6 is 7.82 Å². The second-order valence-electron chi connectivity index (χ2n) is 23.6. The number of nitrogens with one attached hydrogen (secondary N) is 1. The van der Waals surface area contributed by atoms with E-state index in [0.717, 1.165) is 122 Å². The molecule has 0 aliphatic heterocycles. The topological polar surface area (TPSA) is 114 Å². The van der Waals surface area contributed by atoms with Crippen molar-refractivity contribution in [1.29, 1.82) is 0 Å². The maximum atomic E-state index is 13.6. The van der Waals surface area contributed by atoms with Crippen LogP contribution < -0.4 is 10.2 Å². The van der Waals surface area contributed by atoms with Crippen molar-refractivity contribution in [3.8, 4) is 0 Å². The second-order valence-corrected chi connectivity index (χ2v) is 25.0. The number of phosphoric ester groups is 1. The normalized spacial score (nSPS) is 14.2. The number of hydrogen-bond donors (Lipinski definition) is 1. The van der Waals surface area contributed by atoms with Gasteiger partial charge < -0.3 is 28.5 Å². The SMILES string of the molecule is CC/C=C\C/C=C\C/C=C\C/C=C\C/C=C\CCCCCCCCCCCC(=O)OC(/C=C\CCCCCCCCCCCCC)C(COP(=O)([O-])OCC[N+](C)(C)C)NC(=O)CCCCCCCCC/C=C\C/C=C\CCCCC. The van der Waals surface area contributed by atoms with Crippen LogP contribution in [0, 0.1) is 0 Å². The molecular weight excluding hydrogens is 1020 g/mol. The van der Waals surface area contributed by atoms with Crippen molar-refractivity contribution in [3.63, 3.8) is 0 Å². The third kappa shape index (κ3) is 61.3. The molecule has 0 radical (unpaired) electrons. The Balaban J connectivity index is 5.19. The Hall–Kier alpha value is -3.07. The molecule has 1 N–H and O–H groups in total. The van der Waals surface area contributed by atoms with Crippen LogP contribution in [0.5, 0.6) is 0 Å². The van der Waals surface area contributed by atoms with E-state index in [1.165, 1.54) is 135 Å². The fourth-order valence-corrected chi connectivity index (χ4v) is 10.1. The zero-order valence-corrected chi connectivity index (χ0v) is 54.4. The molecule has 0 rings (SSSR count). The summed E-state index contributed by atoms with van der Waals surface area (Å²) in [5, 5.41) is 3.03. The average Bonchev–Trinajstić information content (AvgIpc) is 3.44. The summed E-state index contributed by atoms with van der Waals surface area (Å²) in [6.45, 7) is 6.71. The second kappa shape index (κ2) is 60.1. The van der Waals surface area contributed by atoms with E-state index < -0.39 is 26.6 Å². The lowest BCUT2D eigenvalue weighted by atomic mass is 10.0. The van der Waals surface area contributed by atoms with Gasteiger partial charge in [0.1, 0.15) is 19.3 Å². The Morgan fingerprint density at radius 1 is 0.444 bits per heavy atom. The molecule has 81 heavy (non-hydrogen) atoms. The van der Waals surface area contributed by atoms with Crippen LogP contribution in [0.4, 0.5) is 0 Å². The van der Waals surface area contributed by atoms with Crippen molar-refractivity contribution in [3.05, 3.63) is 97.2 Å². The number of quaternary nitrogens is 1. The number of amides is 1. The fraction of sp³-hybridized carbons (Fsp3) is 0.746. The lowest BCUT2D eigenvalue weighted by Gasteiger charge is -2.30. The van der Waals surface area contributed by atoms with E-state index in [4.69, 9.17) is 13.8 Å². The first kappa shape index (κ1) is 77.9. The van der Waals surface area contributed by atoms with Crippen LogP contribution in [-0.2, 0) is 27.9 Å². The van der Waals surface area contributed by atoms with E-state index in [1.807, 2.05) is 33.3 Å². The molecular formula is C71H127N2O7P. The molecule has 10 heteroatoms. The molecule has 9 nitrogen and oxygen atoms in total. The minimum absolute atomic E-state index is 0.0286. The minimum atomic E-state index is -4.71. The van der Waals surface area contributed by atoms with Crippen molar-refractivity contribution in [2.45, 2.75) is 303 Å². The number of hydrogen-bond acceptors (Lipinski definition) is 7. The molecule has 0 saturated carbocycles. The van der Waals surface area contributed by atoms with Gasteiger partial charge in [-0.25, -0.2) is 0 Å². The monoisotopic (exact) mass is 1150 g/mol. The van der Waals surface area contributed by atoms with Gasteiger partial charge in [0.15, 0.2) is 0 Å². The number of unbranched alkanes of at least 4 members (excludes halogenated alkanes) is 30. The highest BCUT2D eigenvalue weighted by Gasteiger charge is 2.27. The molecule has 0 fully saturated rings. The smallest absolute Gasteiger partial charge is 0.306 e. The zero-order chi connectivity index (χ0) is 59.3.